The fourth-order valence-electron chi connectivity index (χ4n) is 5.46. The number of aromatic amines is 1. The van der Waals surface area contributed by atoms with E-state index in [-0.39, 0.29) is 17.2 Å². The molecule has 192 valence electrons. The lowest BCUT2D eigenvalue weighted by molar-refractivity contribution is 0.0715. The Labute approximate surface area is 217 Å². The minimum atomic E-state index is -5.17. The first-order chi connectivity index (χ1) is 18.2. The third-order valence-electron chi connectivity index (χ3n) is 7.12. The van der Waals surface area contributed by atoms with Crippen molar-refractivity contribution in [2.75, 3.05) is 13.2 Å². The molecule has 3 aromatic carbocycles. The summed E-state index contributed by atoms with van der Waals surface area (Å²) < 4.78 is 47.4. The number of pyridine rings is 1. The van der Waals surface area contributed by atoms with Gasteiger partial charge in [0.1, 0.15) is 11.4 Å². The fourth-order valence-corrected chi connectivity index (χ4v) is 5.79. The molecule has 0 unspecified atom stereocenters. The molecule has 0 atom stereocenters. The number of benzene rings is 3. The SMILES string of the molecule is Cc1cc2c(=O)c3c4ccc(C#N)cc4[nH]c3n(C3CCOCC3)c2cc1-c1cccc(OS(=O)(=O)F)c1. The summed E-state index contributed by atoms with van der Waals surface area (Å²) in [6.45, 7) is 3.05. The summed E-state index contributed by atoms with van der Waals surface area (Å²) in [7, 11) is -5.17. The van der Waals surface area contributed by atoms with E-state index in [2.05, 4.69) is 19.8 Å². The van der Waals surface area contributed by atoms with Gasteiger partial charge in [0, 0.05) is 35.5 Å². The normalized spacial score (nSPS) is 14.8. The van der Waals surface area contributed by atoms with Gasteiger partial charge in [0.15, 0.2) is 5.43 Å². The molecule has 6 rings (SSSR count). The molecule has 1 saturated heterocycles. The van der Waals surface area contributed by atoms with Gasteiger partial charge in [0.2, 0.25) is 0 Å². The highest BCUT2D eigenvalue weighted by Gasteiger charge is 2.24. The molecule has 1 aliphatic heterocycles. The number of rotatable bonds is 4. The van der Waals surface area contributed by atoms with Crippen LogP contribution < -0.4 is 9.61 Å². The smallest absolute Gasteiger partial charge is 0.381 e. The Morgan fingerprint density at radius 1 is 1.11 bits per heavy atom. The Morgan fingerprint density at radius 2 is 1.89 bits per heavy atom. The van der Waals surface area contributed by atoms with Crippen LogP contribution in [0.25, 0.3) is 44.0 Å². The number of hydrogen-bond acceptors (Lipinski definition) is 6. The zero-order chi connectivity index (χ0) is 26.6. The Morgan fingerprint density at radius 3 is 2.63 bits per heavy atom. The average molecular weight is 532 g/mol. The van der Waals surface area contributed by atoms with Crippen molar-refractivity contribution in [1.82, 2.24) is 9.55 Å². The Bertz CT molecular complexity index is 1960. The van der Waals surface area contributed by atoms with Gasteiger partial charge in [-0.3, -0.25) is 4.79 Å². The van der Waals surface area contributed by atoms with Gasteiger partial charge in [-0.15, -0.1) is 0 Å². The average Bonchev–Trinajstić information content (AvgIpc) is 3.27. The van der Waals surface area contributed by atoms with Crippen LogP contribution in [0.5, 0.6) is 5.75 Å². The molecule has 0 aliphatic carbocycles. The lowest BCUT2D eigenvalue weighted by Crippen LogP contribution is -2.22. The molecule has 0 amide bonds. The zero-order valence-electron chi connectivity index (χ0n) is 20.3. The van der Waals surface area contributed by atoms with E-state index >= 15 is 0 Å². The molecule has 0 spiro atoms. The standard InChI is InChI=1S/C28H22FN3O5S/c1-16-11-23-25(14-22(16)18-3-2-4-20(13-18)37-38(29,34)35)32(19-7-9-36-10-8-19)28-26(27(23)33)21-6-5-17(15-30)12-24(21)31-28/h2-6,11-14,19,31H,7-10H2,1H3. The van der Waals surface area contributed by atoms with Gasteiger partial charge >= 0.3 is 10.5 Å². The van der Waals surface area contributed by atoms with Gasteiger partial charge in [0.25, 0.3) is 0 Å². The highest BCUT2D eigenvalue weighted by molar-refractivity contribution is 7.81. The van der Waals surface area contributed by atoms with E-state index in [0.29, 0.717) is 51.8 Å². The molecule has 8 nitrogen and oxygen atoms in total. The first kappa shape index (κ1) is 24.2. The van der Waals surface area contributed by atoms with Crippen LogP contribution in [0.2, 0.25) is 0 Å². The number of hydrogen-bond donors (Lipinski definition) is 1. The highest BCUT2D eigenvalue weighted by atomic mass is 32.3. The van der Waals surface area contributed by atoms with Crippen molar-refractivity contribution in [3.63, 3.8) is 0 Å². The summed E-state index contributed by atoms with van der Waals surface area (Å²) >= 11 is 0. The summed E-state index contributed by atoms with van der Waals surface area (Å²) in [5, 5.41) is 11.3. The van der Waals surface area contributed by atoms with Crippen molar-refractivity contribution in [3.05, 3.63) is 75.9 Å². The summed E-state index contributed by atoms with van der Waals surface area (Å²) in [5.41, 5.74) is 4.63. The number of fused-ring (bicyclic) bond motifs is 4. The number of halogens is 1. The van der Waals surface area contributed by atoms with Crippen molar-refractivity contribution < 1.29 is 21.2 Å². The van der Waals surface area contributed by atoms with Crippen LogP contribution in [0.4, 0.5) is 3.89 Å². The van der Waals surface area contributed by atoms with Gasteiger partial charge in [0.05, 0.1) is 22.5 Å². The first-order valence-corrected chi connectivity index (χ1v) is 13.4. The molecular formula is C28H22FN3O5S. The molecule has 3 heterocycles. The van der Waals surface area contributed by atoms with Crippen LogP contribution in [0.3, 0.4) is 0 Å². The van der Waals surface area contributed by atoms with Crippen molar-refractivity contribution in [3.8, 4) is 22.9 Å². The second-order valence-corrected chi connectivity index (χ2v) is 10.4. The molecule has 10 heteroatoms. The number of ether oxygens (including phenoxy) is 1. The first-order valence-electron chi connectivity index (χ1n) is 12.1. The topological polar surface area (TPSA) is 114 Å². The minimum Gasteiger partial charge on any atom is -0.381 e. The number of nitriles is 1. The molecule has 0 saturated carbocycles. The van der Waals surface area contributed by atoms with E-state index in [9.17, 15) is 22.4 Å². The second kappa shape index (κ2) is 8.97. The van der Waals surface area contributed by atoms with Gasteiger partial charge < -0.3 is 18.5 Å². The van der Waals surface area contributed by atoms with Gasteiger partial charge in [-0.25, -0.2) is 0 Å². The third kappa shape index (κ3) is 4.10. The number of H-pyrrole nitrogens is 1. The van der Waals surface area contributed by atoms with Crippen LogP contribution in [0.1, 0.15) is 30.0 Å². The molecule has 1 N–H and O–H groups in total. The maximum Gasteiger partial charge on any atom is 0.488 e. The number of nitrogens with zero attached hydrogens (tertiary/aromatic N) is 2. The van der Waals surface area contributed by atoms with Gasteiger partial charge in [-0.2, -0.15) is 13.7 Å². The van der Waals surface area contributed by atoms with Crippen molar-refractivity contribution >= 4 is 43.3 Å². The van der Waals surface area contributed by atoms with Gasteiger partial charge in [-0.1, -0.05) is 22.1 Å². The van der Waals surface area contributed by atoms with Crippen LogP contribution in [-0.4, -0.2) is 31.2 Å². The van der Waals surface area contributed by atoms with Crippen LogP contribution >= 0.6 is 0 Å². The summed E-state index contributed by atoms with van der Waals surface area (Å²) in [6.07, 6.45) is 1.51. The molecular weight excluding hydrogens is 509 g/mol. The number of aryl methyl sites for hydroxylation is 1. The molecule has 5 aromatic rings. The van der Waals surface area contributed by atoms with E-state index in [0.717, 1.165) is 29.4 Å². The van der Waals surface area contributed by atoms with E-state index in [1.807, 2.05) is 19.1 Å². The van der Waals surface area contributed by atoms with E-state index < -0.39 is 10.5 Å². The van der Waals surface area contributed by atoms with Crippen LogP contribution in [-0.2, 0) is 15.2 Å². The van der Waals surface area contributed by atoms with Crippen molar-refractivity contribution in [2.24, 2.45) is 0 Å². The summed E-state index contributed by atoms with van der Waals surface area (Å²) in [6, 6.07) is 17.4. The monoisotopic (exact) mass is 531 g/mol. The lowest BCUT2D eigenvalue weighted by Gasteiger charge is -2.27. The van der Waals surface area contributed by atoms with Crippen LogP contribution in [0.15, 0.2) is 59.4 Å². The molecule has 0 bridgehead atoms. The number of nitrogens with one attached hydrogen (secondary N) is 1. The predicted molar refractivity (Wildman–Crippen MR) is 142 cm³/mol. The maximum atomic E-state index is 13.9. The second-order valence-electron chi connectivity index (χ2n) is 9.45. The summed E-state index contributed by atoms with van der Waals surface area (Å²) in [5.74, 6) is -0.148. The molecule has 2 aromatic heterocycles. The molecule has 38 heavy (non-hydrogen) atoms. The zero-order valence-corrected chi connectivity index (χ0v) is 21.1. The molecule has 0 radical (unpaired) electrons. The Balaban J connectivity index is 1.67. The van der Waals surface area contributed by atoms with Crippen molar-refractivity contribution in [1.29, 1.82) is 5.26 Å². The highest BCUT2D eigenvalue weighted by Crippen LogP contribution is 2.36. The third-order valence-corrected chi connectivity index (χ3v) is 7.51. The van der Waals surface area contributed by atoms with E-state index in [4.69, 9.17) is 4.74 Å². The Kier molecular flexibility index (Phi) is 5.70. The van der Waals surface area contributed by atoms with Crippen LogP contribution in [0, 0.1) is 18.3 Å². The number of aromatic nitrogens is 2. The Hall–Kier alpha value is -4.20. The fraction of sp³-hybridized carbons (Fsp3) is 0.214. The van der Waals surface area contributed by atoms with E-state index in [1.54, 1.807) is 30.3 Å². The minimum absolute atomic E-state index is 0.0553. The lowest BCUT2D eigenvalue weighted by atomic mass is 9.96. The largest absolute Gasteiger partial charge is 0.488 e. The van der Waals surface area contributed by atoms with E-state index in [1.165, 1.54) is 12.1 Å². The molecule has 1 fully saturated rings. The summed E-state index contributed by atoms with van der Waals surface area (Å²) in [4.78, 5) is 17.3. The quantitative estimate of drug-likeness (QED) is 0.310. The molecule has 1 aliphatic rings. The van der Waals surface area contributed by atoms with Gasteiger partial charge in [-0.05, 0) is 72.9 Å². The predicted octanol–water partition coefficient (Wildman–Crippen LogP) is 5.43. The maximum absolute atomic E-state index is 13.9. The van der Waals surface area contributed by atoms with Crippen molar-refractivity contribution in [2.45, 2.75) is 25.8 Å².